The van der Waals surface area contributed by atoms with Gasteiger partial charge in [-0.25, -0.2) is 4.98 Å². The van der Waals surface area contributed by atoms with Crippen LogP contribution in [0.1, 0.15) is 6.92 Å². The molecule has 0 aliphatic carbocycles. The van der Waals surface area contributed by atoms with Crippen LogP contribution in [-0.4, -0.2) is 57.3 Å². The Balaban J connectivity index is 1.65. The molecule has 3 rings (SSSR count). The molecule has 8 heteroatoms. The van der Waals surface area contributed by atoms with Crippen LogP contribution in [0.15, 0.2) is 40.0 Å². The van der Waals surface area contributed by atoms with Crippen LogP contribution >= 0.6 is 0 Å². The van der Waals surface area contributed by atoms with E-state index in [2.05, 4.69) is 4.98 Å². The number of rotatable bonds is 3. The molecule has 0 atom stereocenters. The van der Waals surface area contributed by atoms with Crippen molar-refractivity contribution in [1.82, 2.24) is 19.4 Å². The summed E-state index contributed by atoms with van der Waals surface area (Å²) in [7, 11) is 0. The summed E-state index contributed by atoms with van der Waals surface area (Å²) in [6.07, 6.45) is 2.86. The molecule has 3 heterocycles. The lowest BCUT2D eigenvalue weighted by Gasteiger charge is -2.34. The van der Waals surface area contributed by atoms with Crippen molar-refractivity contribution < 1.29 is 14.0 Å². The molecule has 0 spiro atoms. The Bertz CT molecular complexity index is 789. The number of nitrogens with zero attached hydrogens (tertiary/aromatic N) is 4. The van der Waals surface area contributed by atoms with Crippen molar-refractivity contribution >= 4 is 11.8 Å². The fourth-order valence-corrected chi connectivity index (χ4v) is 2.62. The van der Waals surface area contributed by atoms with Crippen molar-refractivity contribution in [1.29, 1.82) is 0 Å². The molecule has 0 bridgehead atoms. The van der Waals surface area contributed by atoms with Gasteiger partial charge in [0.1, 0.15) is 12.2 Å². The molecule has 24 heavy (non-hydrogen) atoms. The Morgan fingerprint density at radius 3 is 2.50 bits per heavy atom. The molecule has 2 aromatic rings. The molecule has 0 saturated carbocycles. The minimum atomic E-state index is -0.313. The van der Waals surface area contributed by atoms with Gasteiger partial charge in [0.2, 0.25) is 11.8 Å². The normalized spacial score (nSPS) is 14.7. The summed E-state index contributed by atoms with van der Waals surface area (Å²) in [5.41, 5.74) is 0.121. The van der Waals surface area contributed by atoms with Crippen molar-refractivity contribution in [2.45, 2.75) is 13.5 Å². The van der Waals surface area contributed by atoms with E-state index in [-0.39, 0.29) is 23.9 Å². The van der Waals surface area contributed by atoms with E-state index in [1.165, 1.54) is 30.1 Å². The number of amides is 2. The Kier molecular flexibility index (Phi) is 4.45. The van der Waals surface area contributed by atoms with Gasteiger partial charge in [-0.3, -0.25) is 19.0 Å². The van der Waals surface area contributed by atoms with Crippen LogP contribution in [0.25, 0.3) is 11.5 Å². The second-order valence-corrected chi connectivity index (χ2v) is 5.60. The fourth-order valence-electron chi connectivity index (χ4n) is 2.62. The molecule has 2 amide bonds. The van der Waals surface area contributed by atoms with Gasteiger partial charge in [-0.15, -0.1) is 0 Å². The highest BCUT2D eigenvalue weighted by molar-refractivity contribution is 5.77. The largest absolute Gasteiger partial charge is 0.463 e. The van der Waals surface area contributed by atoms with Crippen molar-refractivity contribution in [2.75, 3.05) is 26.2 Å². The molecule has 0 unspecified atom stereocenters. The summed E-state index contributed by atoms with van der Waals surface area (Å²) in [5.74, 6) is 0.356. The first-order chi connectivity index (χ1) is 11.5. The summed E-state index contributed by atoms with van der Waals surface area (Å²) in [6.45, 7) is 3.45. The predicted octanol–water partition coefficient (Wildman–Crippen LogP) is 0.194. The summed E-state index contributed by atoms with van der Waals surface area (Å²) < 4.78 is 6.47. The number of furan rings is 1. The number of hydrogen-bond donors (Lipinski definition) is 0. The highest BCUT2D eigenvalue weighted by Gasteiger charge is 2.22. The second-order valence-electron chi connectivity index (χ2n) is 5.60. The van der Waals surface area contributed by atoms with E-state index in [0.29, 0.717) is 37.6 Å². The molecule has 126 valence electrons. The maximum Gasteiger partial charge on any atom is 0.254 e. The zero-order valence-corrected chi connectivity index (χ0v) is 13.3. The average Bonchev–Trinajstić information content (AvgIpc) is 3.11. The van der Waals surface area contributed by atoms with Crippen molar-refractivity contribution in [2.24, 2.45) is 0 Å². The summed E-state index contributed by atoms with van der Waals surface area (Å²) in [5, 5.41) is 0. The molecule has 0 N–H and O–H groups in total. The quantitative estimate of drug-likeness (QED) is 0.802. The van der Waals surface area contributed by atoms with Gasteiger partial charge >= 0.3 is 0 Å². The van der Waals surface area contributed by atoms with Gasteiger partial charge < -0.3 is 14.2 Å². The van der Waals surface area contributed by atoms with Gasteiger partial charge in [0, 0.05) is 39.2 Å². The van der Waals surface area contributed by atoms with Crippen molar-refractivity contribution in [3.05, 3.63) is 41.1 Å². The van der Waals surface area contributed by atoms with Crippen LogP contribution in [0.2, 0.25) is 0 Å². The highest BCUT2D eigenvalue weighted by Crippen LogP contribution is 2.14. The minimum absolute atomic E-state index is 0.0102. The number of carbonyl (C=O) groups excluding carboxylic acids is 2. The molecular weight excluding hydrogens is 312 g/mol. The summed E-state index contributed by atoms with van der Waals surface area (Å²) >= 11 is 0. The first-order valence-corrected chi connectivity index (χ1v) is 7.68. The van der Waals surface area contributed by atoms with E-state index in [0.717, 1.165) is 0 Å². The second kappa shape index (κ2) is 6.69. The van der Waals surface area contributed by atoms with Gasteiger partial charge in [0.15, 0.2) is 5.76 Å². The Labute approximate surface area is 138 Å². The number of carbonyl (C=O) groups is 2. The van der Waals surface area contributed by atoms with Crippen molar-refractivity contribution in [3.8, 4) is 11.5 Å². The summed E-state index contributed by atoms with van der Waals surface area (Å²) in [6, 6.07) is 4.78. The lowest BCUT2D eigenvalue weighted by molar-refractivity contribution is -0.138. The molecule has 0 aromatic carbocycles. The smallest absolute Gasteiger partial charge is 0.254 e. The van der Waals surface area contributed by atoms with Crippen LogP contribution < -0.4 is 5.56 Å². The molecule has 1 saturated heterocycles. The topological polar surface area (TPSA) is 88.7 Å². The molecule has 8 nitrogen and oxygen atoms in total. The van der Waals surface area contributed by atoms with E-state index < -0.39 is 0 Å². The van der Waals surface area contributed by atoms with Gasteiger partial charge in [-0.1, -0.05) is 0 Å². The highest BCUT2D eigenvalue weighted by atomic mass is 16.3. The van der Waals surface area contributed by atoms with Gasteiger partial charge in [-0.05, 0) is 12.1 Å². The molecular formula is C16H18N4O4. The van der Waals surface area contributed by atoms with Gasteiger partial charge in [0.05, 0.1) is 12.6 Å². The van der Waals surface area contributed by atoms with E-state index in [1.54, 1.807) is 21.9 Å². The Hall–Kier alpha value is -2.90. The number of piperazine rings is 1. The third kappa shape index (κ3) is 3.37. The van der Waals surface area contributed by atoms with Crippen LogP contribution in [0, 0.1) is 0 Å². The third-order valence-electron chi connectivity index (χ3n) is 4.04. The lowest BCUT2D eigenvalue weighted by atomic mass is 10.3. The van der Waals surface area contributed by atoms with Crippen LogP contribution in [-0.2, 0) is 16.1 Å². The standard InChI is InChI=1S/C16H18N4O4/c1-12(21)18-4-6-19(7-5-18)16(23)10-20-11-17-13(9-15(20)22)14-3-2-8-24-14/h2-3,8-9,11H,4-7,10H2,1H3. The number of aromatic nitrogens is 2. The predicted molar refractivity (Wildman–Crippen MR) is 85.0 cm³/mol. The molecule has 1 aliphatic heterocycles. The van der Waals surface area contributed by atoms with Crippen LogP contribution in [0.4, 0.5) is 0 Å². The zero-order chi connectivity index (χ0) is 17.1. The van der Waals surface area contributed by atoms with Crippen LogP contribution in [0.3, 0.4) is 0 Å². The first kappa shape index (κ1) is 16.0. The zero-order valence-electron chi connectivity index (χ0n) is 13.3. The number of hydrogen-bond acceptors (Lipinski definition) is 5. The average molecular weight is 330 g/mol. The van der Waals surface area contributed by atoms with E-state index in [1.807, 2.05) is 0 Å². The molecule has 0 radical (unpaired) electrons. The monoisotopic (exact) mass is 330 g/mol. The first-order valence-electron chi connectivity index (χ1n) is 7.68. The molecule has 1 fully saturated rings. The van der Waals surface area contributed by atoms with Gasteiger partial charge in [0.25, 0.3) is 5.56 Å². The van der Waals surface area contributed by atoms with Crippen molar-refractivity contribution in [3.63, 3.8) is 0 Å². The van der Waals surface area contributed by atoms with E-state index in [9.17, 15) is 14.4 Å². The van der Waals surface area contributed by atoms with Gasteiger partial charge in [-0.2, -0.15) is 0 Å². The molecule has 2 aromatic heterocycles. The minimum Gasteiger partial charge on any atom is -0.463 e. The van der Waals surface area contributed by atoms with E-state index >= 15 is 0 Å². The maximum absolute atomic E-state index is 12.3. The Morgan fingerprint density at radius 2 is 1.92 bits per heavy atom. The maximum atomic E-state index is 12.3. The van der Waals surface area contributed by atoms with Crippen LogP contribution in [0.5, 0.6) is 0 Å². The lowest BCUT2D eigenvalue weighted by Crippen LogP contribution is -2.51. The molecule has 1 aliphatic rings. The Morgan fingerprint density at radius 1 is 1.21 bits per heavy atom. The SMILES string of the molecule is CC(=O)N1CCN(C(=O)Cn2cnc(-c3ccco3)cc2=O)CC1. The fraction of sp³-hybridized carbons (Fsp3) is 0.375. The van der Waals surface area contributed by atoms with E-state index in [4.69, 9.17) is 4.42 Å². The summed E-state index contributed by atoms with van der Waals surface area (Å²) in [4.78, 5) is 43.3. The third-order valence-corrected chi connectivity index (χ3v) is 4.04.